The Labute approximate surface area is 165 Å². The van der Waals surface area contributed by atoms with Crippen molar-refractivity contribution in [3.05, 3.63) is 59.9 Å². The van der Waals surface area contributed by atoms with E-state index in [1.165, 1.54) is 29.2 Å². The van der Waals surface area contributed by atoms with E-state index in [4.69, 9.17) is 4.74 Å². The summed E-state index contributed by atoms with van der Waals surface area (Å²) in [5, 5.41) is 5.09. The Morgan fingerprint density at radius 3 is 2.46 bits per heavy atom. The lowest BCUT2D eigenvalue weighted by molar-refractivity contribution is -0.125. The summed E-state index contributed by atoms with van der Waals surface area (Å²) in [7, 11) is 0. The highest BCUT2D eigenvalue weighted by Crippen LogP contribution is 2.21. The minimum atomic E-state index is -0.392. The van der Waals surface area contributed by atoms with Crippen molar-refractivity contribution in [2.24, 2.45) is 0 Å². The van der Waals surface area contributed by atoms with Gasteiger partial charge < -0.3 is 15.4 Å². The molecule has 2 N–H and O–H groups in total. The second-order valence-corrected chi connectivity index (χ2v) is 6.84. The van der Waals surface area contributed by atoms with E-state index >= 15 is 0 Å². The molecule has 0 atom stereocenters. The third kappa shape index (κ3) is 5.46. The van der Waals surface area contributed by atoms with Crippen LogP contribution < -0.4 is 15.4 Å². The smallest absolute Gasteiger partial charge is 0.319 e. The summed E-state index contributed by atoms with van der Waals surface area (Å²) in [6.07, 6.45) is 0. The molecule has 146 valence electrons. The zero-order valence-corrected chi connectivity index (χ0v) is 15.6. The van der Waals surface area contributed by atoms with Gasteiger partial charge in [-0.25, -0.2) is 9.18 Å². The number of halogens is 1. The largest absolute Gasteiger partial charge is 0.492 e. The lowest BCUT2D eigenvalue weighted by Gasteiger charge is -2.13. The molecule has 1 heterocycles. The number of nitrogens with zero attached hydrogens (tertiary/aromatic N) is 1. The number of nitrogens with one attached hydrogen (secondary N) is 2. The van der Waals surface area contributed by atoms with E-state index < -0.39 is 6.03 Å². The van der Waals surface area contributed by atoms with E-state index in [0.29, 0.717) is 11.4 Å². The number of carbonyl (C=O) groups excluding carboxylic acids is 3. The molecule has 0 saturated carbocycles. The molecule has 1 aliphatic heterocycles. The van der Waals surface area contributed by atoms with Crippen LogP contribution in [0.3, 0.4) is 0 Å². The third-order valence-corrected chi connectivity index (χ3v) is 4.72. The second-order valence-electron chi connectivity index (χ2n) is 5.91. The van der Waals surface area contributed by atoms with Gasteiger partial charge in [0.05, 0.1) is 18.8 Å². The first-order chi connectivity index (χ1) is 13.5. The van der Waals surface area contributed by atoms with Gasteiger partial charge in [-0.15, -0.1) is 0 Å². The number of ether oxygens (including phenoxy) is 1. The number of imide groups is 1. The van der Waals surface area contributed by atoms with Gasteiger partial charge in [-0.2, -0.15) is 0 Å². The maximum Gasteiger partial charge on any atom is 0.319 e. The summed E-state index contributed by atoms with van der Waals surface area (Å²) in [5.74, 6) is 0.171. The average Bonchev–Trinajstić information content (AvgIpc) is 3.00. The highest BCUT2D eigenvalue weighted by Gasteiger charge is 2.29. The fourth-order valence-corrected chi connectivity index (χ4v) is 3.17. The van der Waals surface area contributed by atoms with E-state index in [2.05, 4.69) is 10.6 Å². The summed E-state index contributed by atoms with van der Waals surface area (Å²) < 4.78 is 18.2. The Hall–Kier alpha value is -3.07. The number of thioether (sulfide) groups is 1. The van der Waals surface area contributed by atoms with Gasteiger partial charge in [-0.05, 0) is 42.0 Å². The van der Waals surface area contributed by atoms with E-state index in [-0.39, 0.29) is 42.4 Å². The number of hydrogen-bond donors (Lipinski definition) is 2. The van der Waals surface area contributed by atoms with E-state index in [1.54, 1.807) is 24.3 Å². The van der Waals surface area contributed by atoms with Crippen LogP contribution in [0, 0.1) is 5.82 Å². The van der Waals surface area contributed by atoms with Crippen molar-refractivity contribution in [2.75, 3.05) is 24.2 Å². The molecule has 0 aromatic heterocycles. The molecule has 0 spiro atoms. The van der Waals surface area contributed by atoms with Crippen LogP contribution in [0.5, 0.6) is 5.75 Å². The zero-order valence-electron chi connectivity index (χ0n) is 14.8. The zero-order chi connectivity index (χ0) is 19.9. The van der Waals surface area contributed by atoms with Crippen LogP contribution in [0.25, 0.3) is 0 Å². The van der Waals surface area contributed by atoms with E-state index in [0.717, 1.165) is 17.3 Å². The monoisotopic (exact) mass is 403 g/mol. The molecule has 1 saturated heterocycles. The van der Waals surface area contributed by atoms with Crippen LogP contribution in [-0.4, -0.2) is 41.0 Å². The first-order valence-electron chi connectivity index (χ1n) is 8.50. The maximum absolute atomic E-state index is 12.8. The quantitative estimate of drug-likeness (QED) is 0.693. The Morgan fingerprint density at radius 2 is 1.82 bits per heavy atom. The van der Waals surface area contributed by atoms with Crippen LogP contribution in [0.2, 0.25) is 0 Å². The van der Waals surface area contributed by atoms with Crippen molar-refractivity contribution in [1.29, 1.82) is 0 Å². The van der Waals surface area contributed by atoms with Crippen molar-refractivity contribution in [3.63, 3.8) is 0 Å². The second kappa shape index (κ2) is 9.23. The van der Waals surface area contributed by atoms with Crippen LogP contribution in [0.1, 0.15) is 5.56 Å². The molecule has 9 heteroatoms. The topological polar surface area (TPSA) is 87.7 Å². The lowest BCUT2D eigenvalue weighted by atomic mass is 10.2. The van der Waals surface area contributed by atoms with E-state index in [1.807, 2.05) is 0 Å². The molecular weight excluding hydrogens is 385 g/mol. The molecule has 0 radical (unpaired) electrons. The fraction of sp³-hybridized carbons (Fsp3) is 0.211. The highest BCUT2D eigenvalue weighted by atomic mass is 32.2. The van der Waals surface area contributed by atoms with Crippen molar-refractivity contribution >= 4 is 34.6 Å². The Balaban J connectivity index is 1.39. The number of anilines is 1. The SMILES string of the molecule is O=C(NCCOc1ccc(F)cc1)Nc1ccc(CN2C(=O)CSC2=O)cc1. The minimum Gasteiger partial charge on any atom is -0.492 e. The Morgan fingerprint density at radius 1 is 1.11 bits per heavy atom. The van der Waals surface area contributed by atoms with Crippen LogP contribution in [0.15, 0.2) is 48.5 Å². The highest BCUT2D eigenvalue weighted by molar-refractivity contribution is 8.14. The van der Waals surface area contributed by atoms with Gasteiger partial charge >= 0.3 is 6.03 Å². The maximum atomic E-state index is 12.8. The number of carbonyl (C=O) groups is 3. The van der Waals surface area contributed by atoms with Gasteiger partial charge in [0.25, 0.3) is 5.24 Å². The van der Waals surface area contributed by atoms with Crippen molar-refractivity contribution in [2.45, 2.75) is 6.54 Å². The molecule has 7 nitrogen and oxygen atoms in total. The van der Waals surface area contributed by atoms with Gasteiger partial charge in [0.1, 0.15) is 18.2 Å². The molecule has 28 heavy (non-hydrogen) atoms. The number of hydrogen-bond acceptors (Lipinski definition) is 5. The average molecular weight is 403 g/mol. The Kier molecular flexibility index (Phi) is 6.49. The van der Waals surface area contributed by atoms with Gasteiger partial charge in [0.2, 0.25) is 5.91 Å². The van der Waals surface area contributed by atoms with Crippen LogP contribution in [-0.2, 0) is 11.3 Å². The van der Waals surface area contributed by atoms with Crippen molar-refractivity contribution < 1.29 is 23.5 Å². The molecule has 2 aromatic carbocycles. The molecule has 1 fully saturated rings. The number of amides is 4. The van der Waals surface area contributed by atoms with Crippen LogP contribution >= 0.6 is 11.8 Å². The first kappa shape index (κ1) is 19.7. The van der Waals surface area contributed by atoms with Gasteiger partial charge in [0, 0.05) is 5.69 Å². The fourth-order valence-electron chi connectivity index (χ4n) is 2.45. The number of benzene rings is 2. The minimum absolute atomic E-state index is 0.184. The predicted molar refractivity (Wildman–Crippen MR) is 104 cm³/mol. The predicted octanol–water partition coefficient (Wildman–Crippen LogP) is 3.22. The van der Waals surface area contributed by atoms with Crippen LogP contribution in [0.4, 0.5) is 19.7 Å². The normalized spacial score (nSPS) is 13.5. The molecule has 0 aliphatic carbocycles. The van der Waals surface area contributed by atoms with Gasteiger partial charge in [-0.3, -0.25) is 14.5 Å². The van der Waals surface area contributed by atoms with Crippen molar-refractivity contribution in [3.8, 4) is 5.75 Å². The first-order valence-corrected chi connectivity index (χ1v) is 9.49. The number of urea groups is 1. The molecule has 0 bridgehead atoms. The standard InChI is InChI=1S/C19H18FN3O4S/c20-14-3-7-16(8-4-14)27-10-9-21-18(25)22-15-5-1-13(2-6-15)11-23-17(24)12-28-19(23)26/h1-8H,9-12H2,(H2,21,22,25). The van der Waals surface area contributed by atoms with Crippen molar-refractivity contribution in [1.82, 2.24) is 10.2 Å². The van der Waals surface area contributed by atoms with Gasteiger partial charge in [0.15, 0.2) is 0 Å². The van der Waals surface area contributed by atoms with E-state index in [9.17, 15) is 18.8 Å². The molecule has 2 aromatic rings. The molecule has 0 unspecified atom stereocenters. The summed E-state index contributed by atoms with van der Waals surface area (Å²) in [6.45, 7) is 0.740. The molecule has 1 aliphatic rings. The summed E-state index contributed by atoms with van der Waals surface area (Å²) >= 11 is 0.998. The summed E-state index contributed by atoms with van der Waals surface area (Å²) in [5.41, 5.74) is 1.37. The lowest BCUT2D eigenvalue weighted by Crippen LogP contribution is -2.32. The molecule has 3 rings (SSSR count). The third-order valence-electron chi connectivity index (χ3n) is 3.86. The molecule has 4 amide bonds. The van der Waals surface area contributed by atoms with Gasteiger partial charge in [-0.1, -0.05) is 23.9 Å². The Bertz CT molecular complexity index is 842. The number of rotatable bonds is 7. The molecular formula is C19H18FN3O4S. The summed E-state index contributed by atoms with van der Waals surface area (Å²) in [6, 6.07) is 12.1. The summed E-state index contributed by atoms with van der Waals surface area (Å²) in [4.78, 5) is 36.3.